The lowest BCUT2D eigenvalue weighted by Gasteiger charge is -2.33. The molecule has 1 aromatic carbocycles. The van der Waals surface area contributed by atoms with Gasteiger partial charge in [0.15, 0.2) is 4.34 Å². The van der Waals surface area contributed by atoms with Crippen molar-refractivity contribution in [3.63, 3.8) is 0 Å². The Bertz CT molecular complexity index is 896. The molecular weight excluding hydrogens is 467 g/mol. The van der Waals surface area contributed by atoms with Gasteiger partial charge in [0.1, 0.15) is 0 Å². The SMILES string of the molecule is NC(=O)Cc1csc(SCC(=O)NC[C@H]2CN(Cc3cccc(Cl)c3Cl)CCO2)n1. The van der Waals surface area contributed by atoms with Gasteiger partial charge in [0.2, 0.25) is 11.8 Å². The van der Waals surface area contributed by atoms with Crippen LogP contribution in [-0.4, -0.2) is 59.8 Å². The van der Waals surface area contributed by atoms with Crippen molar-refractivity contribution in [2.75, 3.05) is 32.0 Å². The molecule has 0 unspecified atom stereocenters. The molecule has 162 valence electrons. The maximum absolute atomic E-state index is 12.2. The summed E-state index contributed by atoms with van der Waals surface area (Å²) in [5.74, 6) is -0.267. The molecule has 1 aromatic heterocycles. The first kappa shape index (κ1) is 23.3. The molecule has 7 nitrogen and oxygen atoms in total. The smallest absolute Gasteiger partial charge is 0.230 e. The number of halogens is 2. The van der Waals surface area contributed by atoms with E-state index in [1.807, 2.05) is 12.1 Å². The molecular formula is C19H22Cl2N4O3S2. The predicted octanol–water partition coefficient (Wildman–Crippen LogP) is 2.59. The van der Waals surface area contributed by atoms with Crippen LogP contribution < -0.4 is 11.1 Å². The van der Waals surface area contributed by atoms with Gasteiger partial charge in [0.05, 0.1) is 40.6 Å². The molecule has 0 aliphatic carbocycles. The van der Waals surface area contributed by atoms with Crippen molar-refractivity contribution in [1.29, 1.82) is 0 Å². The molecule has 30 heavy (non-hydrogen) atoms. The highest BCUT2D eigenvalue weighted by atomic mass is 35.5. The Morgan fingerprint density at radius 3 is 3.03 bits per heavy atom. The summed E-state index contributed by atoms with van der Waals surface area (Å²) in [6.07, 6.45) is 0.0202. The van der Waals surface area contributed by atoms with Crippen LogP contribution in [0.1, 0.15) is 11.3 Å². The topological polar surface area (TPSA) is 97.5 Å². The van der Waals surface area contributed by atoms with Crippen LogP contribution in [0.4, 0.5) is 0 Å². The summed E-state index contributed by atoms with van der Waals surface area (Å²) in [4.78, 5) is 29.6. The van der Waals surface area contributed by atoms with E-state index in [2.05, 4.69) is 15.2 Å². The van der Waals surface area contributed by atoms with Crippen molar-refractivity contribution in [3.05, 3.63) is 44.9 Å². The molecule has 1 fully saturated rings. The quantitative estimate of drug-likeness (QED) is 0.526. The number of thioether (sulfide) groups is 1. The van der Waals surface area contributed by atoms with Gasteiger partial charge in [-0.15, -0.1) is 11.3 Å². The number of primary amides is 1. The average Bonchev–Trinajstić information content (AvgIpc) is 3.15. The number of rotatable bonds is 9. The van der Waals surface area contributed by atoms with E-state index in [1.54, 1.807) is 11.4 Å². The number of nitrogens with one attached hydrogen (secondary N) is 1. The van der Waals surface area contributed by atoms with Gasteiger partial charge in [-0.1, -0.05) is 47.1 Å². The Kier molecular flexibility index (Phi) is 8.79. The Morgan fingerprint density at radius 2 is 2.23 bits per heavy atom. The van der Waals surface area contributed by atoms with Gasteiger partial charge in [-0.2, -0.15) is 0 Å². The minimum Gasteiger partial charge on any atom is -0.374 e. The fourth-order valence-corrected chi connectivity index (χ4v) is 5.03. The van der Waals surface area contributed by atoms with Crippen LogP contribution in [-0.2, 0) is 27.3 Å². The minimum absolute atomic E-state index is 0.0901. The zero-order chi connectivity index (χ0) is 21.5. The van der Waals surface area contributed by atoms with Crippen LogP contribution in [0, 0.1) is 0 Å². The number of thiazole rings is 1. The van der Waals surface area contributed by atoms with E-state index >= 15 is 0 Å². The summed E-state index contributed by atoms with van der Waals surface area (Å²) in [5, 5.41) is 5.81. The van der Waals surface area contributed by atoms with Gasteiger partial charge in [-0.25, -0.2) is 4.98 Å². The van der Waals surface area contributed by atoms with Gasteiger partial charge >= 0.3 is 0 Å². The lowest BCUT2D eigenvalue weighted by atomic mass is 10.2. The number of aromatic nitrogens is 1. The second-order valence-corrected chi connectivity index (χ2v) is 9.65. The molecule has 0 radical (unpaired) electrons. The number of nitrogens with two attached hydrogens (primary N) is 1. The van der Waals surface area contributed by atoms with Crippen LogP contribution in [0.25, 0.3) is 0 Å². The fraction of sp³-hybridized carbons (Fsp3) is 0.421. The first-order valence-electron chi connectivity index (χ1n) is 9.29. The fourth-order valence-electron chi connectivity index (χ4n) is 2.98. The van der Waals surface area contributed by atoms with Crippen molar-refractivity contribution in [2.45, 2.75) is 23.4 Å². The summed E-state index contributed by atoms with van der Waals surface area (Å²) in [5.41, 5.74) is 6.77. The van der Waals surface area contributed by atoms with Crippen molar-refractivity contribution < 1.29 is 14.3 Å². The summed E-state index contributed by atoms with van der Waals surface area (Å²) < 4.78 is 6.51. The Morgan fingerprint density at radius 1 is 1.40 bits per heavy atom. The number of hydrogen-bond acceptors (Lipinski definition) is 7. The summed E-state index contributed by atoms with van der Waals surface area (Å²) in [6.45, 7) is 3.19. The molecule has 3 rings (SSSR count). The summed E-state index contributed by atoms with van der Waals surface area (Å²) in [6, 6.07) is 5.62. The lowest BCUT2D eigenvalue weighted by molar-refractivity contribution is -0.120. The van der Waals surface area contributed by atoms with Gasteiger partial charge in [0.25, 0.3) is 0 Å². The monoisotopic (exact) mass is 488 g/mol. The lowest BCUT2D eigenvalue weighted by Crippen LogP contribution is -2.47. The zero-order valence-electron chi connectivity index (χ0n) is 16.1. The molecule has 1 aliphatic heterocycles. The number of amides is 2. The number of hydrogen-bond donors (Lipinski definition) is 2. The van der Waals surface area contributed by atoms with Crippen molar-refractivity contribution in [2.24, 2.45) is 5.73 Å². The van der Waals surface area contributed by atoms with E-state index in [9.17, 15) is 9.59 Å². The van der Waals surface area contributed by atoms with Crippen molar-refractivity contribution >= 4 is 58.1 Å². The van der Waals surface area contributed by atoms with Gasteiger partial charge in [-0.3, -0.25) is 14.5 Å². The highest BCUT2D eigenvalue weighted by Crippen LogP contribution is 2.27. The van der Waals surface area contributed by atoms with E-state index in [4.69, 9.17) is 33.7 Å². The molecule has 0 spiro atoms. The maximum Gasteiger partial charge on any atom is 0.230 e. The summed E-state index contributed by atoms with van der Waals surface area (Å²) >= 11 is 15.1. The Labute approximate surface area is 193 Å². The standard InChI is InChI=1S/C19H22Cl2N4O3S2/c20-15-3-1-2-12(18(15)21)8-25-4-5-28-14(9-25)7-23-17(27)11-30-19-24-13(10-29-19)6-16(22)26/h1-3,10,14H,4-9,11H2,(H2,22,26)(H,23,27)/t14-/m0/s1. The molecule has 2 heterocycles. The number of carbonyl (C=O) groups is 2. The molecule has 0 bridgehead atoms. The zero-order valence-corrected chi connectivity index (χ0v) is 19.3. The Balaban J connectivity index is 1.40. The Hall–Kier alpha value is -1.36. The third-order valence-electron chi connectivity index (χ3n) is 4.39. The molecule has 3 N–H and O–H groups in total. The molecule has 2 amide bonds. The third-order valence-corrected chi connectivity index (χ3v) is 7.32. The first-order valence-corrected chi connectivity index (χ1v) is 11.9. The van der Waals surface area contributed by atoms with Crippen molar-refractivity contribution in [3.8, 4) is 0 Å². The minimum atomic E-state index is -0.422. The van der Waals surface area contributed by atoms with Crippen molar-refractivity contribution in [1.82, 2.24) is 15.2 Å². The normalized spacial score (nSPS) is 17.1. The van der Waals surface area contributed by atoms with Crippen LogP contribution >= 0.6 is 46.3 Å². The first-order chi connectivity index (χ1) is 14.4. The molecule has 11 heteroatoms. The predicted molar refractivity (Wildman–Crippen MR) is 120 cm³/mol. The van der Waals surface area contributed by atoms with Gasteiger partial charge < -0.3 is 15.8 Å². The van der Waals surface area contributed by atoms with E-state index in [-0.39, 0.29) is 24.2 Å². The number of ether oxygens (including phenoxy) is 1. The van der Waals surface area contributed by atoms with Gasteiger partial charge in [-0.05, 0) is 11.6 Å². The second-order valence-electron chi connectivity index (χ2n) is 6.78. The highest BCUT2D eigenvalue weighted by Gasteiger charge is 2.22. The second kappa shape index (κ2) is 11.3. The number of carbonyl (C=O) groups excluding carboxylic acids is 2. The molecule has 2 aromatic rings. The number of morpholine rings is 1. The highest BCUT2D eigenvalue weighted by molar-refractivity contribution is 8.01. The summed E-state index contributed by atoms with van der Waals surface area (Å²) in [7, 11) is 0. The molecule has 1 saturated heterocycles. The van der Waals surface area contributed by atoms with Crippen LogP contribution in [0.5, 0.6) is 0 Å². The maximum atomic E-state index is 12.2. The third kappa shape index (κ3) is 7.11. The van der Waals surface area contributed by atoms with E-state index in [0.717, 1.165) is 16.4 Å². The van der Waals surface area contributed by atoms with E-state index in [1.165, 1.54) is 23.1 Å². The largest absolute Gasteiger partial charge is 0.374 e. The molecule has 0 saturated carbocycles. The van der Waals surface area contributed by atoms with Crippen LogP contribution in [0.3, 0.4) is 0 Å². The van der Waals surface area contributed by atoms with E-state index < -0.39 is 5.91 Å². The van der Waals surface area contributed by atoms with E-state index in [0.29, 0.717) is 42.0 Å². The average molecular weight is 489 g/mol. The molecule has 1 aliphatic rings. The van der Waals surface area contributed by atoms with Crippen LogP contribution in [0.2, 0.25) is 10.0 Å². The number of benzene rings is 1. The van der Waals surface area contributed by atoms with Gasteiger partial charge in [0, 0.05) is 31.6 Å². The number of nitrogens with zero attached hydrogens (tertiary/aromatic N) is 2. The molecule has 1 atom stereocenters. The van der Waals surface area contributed by atoms with Crippen LogP contribution in [0.15, 0.2) is 27.9 Å².